The van der Waals surface area contributed by atoms with Crippen molar-refractivity contribution < 1.29 is 14.6 Å². The highest BCUT2D eigenvalue weighted by Crippen LogP contribution is 2.36. The third-order valence-electron chi connectivity index (χ3n) is 3.29. The number of ether oxygens (including phenoxy) is 1. The first-order chi connectivity index (χ1) is 8.01. The Labute approximate surface area is 107 Å². The Hall–Kier alpha value is -0.260. The van der Waals surface area contributed by atoms with Gasteiger partial charge in [0, 0.05) is 17.1 Å². The SMILES string of the molecule is COC(=O)C1(N)CCCC(SC(C)CCO)C1. The summed E-state index contributed by atoms with van der Waals surface area (Å²) in [5.74, 6) is -0.294. The number of aliphatic hydroxyl groups excluding tert-OH is 1. The maximum atomic E-state index is 11.6. The number of rotatable bonds is 5. The second-order valence-corrected chi connectivity index (χ2v) is 6.57. The van der Waals surface area contributed by atoms with Crippen LogP contribution >= 0.6 is 11.8 Å². The van der Waals surface area contributed by atoms with E-state index in [4.69, 9.17) is 15.6 Å². The van der Waals surface area contributed by atoms with E-state index in [0.29, 0.717) is 23.3 Å². The lowest BCUT2D eigenvalue weighted by Crippen LogP contribution is -2.52. The maximum Gasteiger partial charge on any atom is 0.325 e. The van der Waals surface area contributed by atoms with Gasteiger partial charge in [0.15, 0.2) is 0 Å². The quantitative estimate of drug-likeness (QED) is 0.730. The molecular weight excluding hydrogens is 238 g/mol. The van der Waals surface area contributed by atoms with Crippen LogP contribution in [0.15, 0.2) is 0 Å². The summed E-state index contributed by atoms with van der Waals surface area (Å²) in [5, 5.41) is 9.69. The van der Waals surface area contributed by atoms with Crippen LogP contribution in [0.25, 0.3) is 0 Å². The normalized spacial score (nSPS) is 30.9. The molecule has 1 saturated carbocycles. The number of nitrogens with two attached hydrogens (primary N) is 1. The predicted octanol–water partition coefficient (Wildman–Crippen LogP) is 1.30. The highest BCUT2D eigenvalue weighted by Gasteiger charge is 2.40. The molecule has 0 aromatic rings. The van der Waals surface area contributed by atoms with Crippen molar-refractivity contribution in [2.75, 3.05) is 13.7 Å². The van der Waals surface area contributed by atoms with E-state index in [0.717, 1.165) is 19.3 Å². The van der Waals surface area contributed by atoms with Crippen molar-refractivity contribution in [3.8, 4) is 0 Å². The lowest BCUT2D eigenvalue weighted by molar-refractivity contribution is -0.148. The first-order valence-corrected chi connectivity index (χ1v) is 7.09. The van der Waals surface area contributed by atoms with E-state index in [-0.39, 0.29) is 12.6 Å². The molecule has 1 aliphatic carbocycles. The molecule has 0 heterocycles. The van der Waals surface area contributed by atoms with Crippen molar-refractivity contribution in [3.05, 3.63) is 0 Å². The number of thioether (sulfide) groups is 1. The molecule has 4 nitrogen and oxygen atoms in total. The molecule has 3 atom stereocenters. The fraction of sp³-hybridized carbons (Fsp3) is 0.917. The average Bonchev–Trinajstić information content (AvgIpc) is 2.28. The number of aliphatic hydroxyl groups is 1. The van der Waals surface area contributed by atoms with Gasteiger partial charge in [-0.1, -0.05) is 6.92 Å². The van der Waals surface area contributed by atoms with Crippen LogP contribution < -0.4 is 5.73 Å². The number of carbonyl (C=O) groups is 1. The lowest BCUT2D eigenvalue weighted by atomic mass is 9.82. The van der Waals surface area contributed by atoms with Crippen molar-refractivity contribution in [2.45, 2.75) is 55.1 Å². The smallest absolute Gasteiger partial charge is 0.325 e. The van der Waals surface area contributed by atoms with Crippen LogP contribution in [0.3, 0.4) is 0 Å². The van der Waals surface area contributed by atoms with Gasteiger partial charge in [-0.15, -0.1) is 0 Å². The van der Waals surface area contributed by atoms with Gasteiger partial charge in [-0.2, -0.15) is 11.8 Å². The van der Waals surface area contributed by atoms with Crippen molar-refractivity contribution >= 4 is 17.7 Å². The molecule has 1 rings (SSSR count). The van der Waals surface area contributed by atoms with E-state index < -0.39 is 5.54 Å². The Morgan fingerprint density at radius 1 is 1.71 bits per heavy atom. The van der Waals surface area contributed by atoms with Crippen molar-refractivity contribution in [3.63, 3.8) is 0 Å². The molecular formula is C12H23NO3S. The van der Waals surface area contributed by atoms with Crippen LogP contribution in [-0.4, -0.2) is 40.8 Å². The fourth-order valence-corrected chi connectivity index (χ4v) is 3.93. The van der Waals surface area contributed by atoms with Crippen LogP contribution in [0.5, 0.6) is 0 Å². The second-order valence-electron chi connectivity index (χ2n) is 4.83. The molecule has 5 heteroatoms. The lowest BCUT2D eigenvalue weighted by Gasteiger charge is -2.36. The van der Waals surface area contributed by atoms with E-state index >= 15 is 0 Å². The highest BCUT2D eigenvalue weighted by atomic mass is 32.2. The molecule has 0 aromatic carbocycles. The first kappa shape index (κ1) is 14.8. The molecule has 0 bridgehead atoms. The average molecular weight is 261 g/mol. The van der Waals surface area contributed by atoms with Crippen molar-refractivity contribution in [1.29, 1.82) is 0 Å². The summed E-state index contributed by atoms with van der Waals surface area (Å²) >= 11 is 1.83. The Kier molecular flexibility index (Phi) is 5.76. The highest BCUT2D eigenvalue weighted by molar-refractivity contribution is 8.00. The molecule has 1 fully saturated rings. The molecule has 0 saturated heterocycles. The summed E-state index contributed by atoms with van der Waals surface area (Å²) < 4.78 is 4.78. The summed E-state index contributed by atoms with van der Waals surface area (Å²) in [6, 6.07) is 0. The van der Waals surface area contributed by atoms with Gasteiger partial charge in [-0.05, 0) is 32.1 Å². The third kappa shape index (κ3) is 4.16. The molecule has 1 aliphatic rings. The van der Waals surface area contributed by atoms with Gasteiger partial charge >= 0.3 is 5.97 Å². The molecule has 0 spiro atoms. The molecule has 0 radical (unpaired) electrons. The molecule has 100 valence electrons. The summed E-state index contributed by atoms with van der Waals surface area (Å²) in [5.41, 5.74) is 5.31. The van der Waals surface area contributed by atoms with Gasteiger partial charge in [0.1, 0.15) is 5.54 Å². The van der Waals surface area contributed by atoms with Crippen LogP contribution in [0, 0.1) is 0 Å². The zero-order chi connectivity index (χ0) is 12.9. The van der Waals surface area contributed by atoms with Gasteiger partial charge in [0.05, 0.1) is 7.11 Å². The number of methoxy groups -OCH3 is 1. The number of hydrogen-bond donors (Lipinski definition) is 2. The maximum absolute atomic E-state index is 11.6. The van der Waals surface area contributed by atoms with Crippen LogP contribution in [0.2, 0.25) is 0 Å². The number of hydrogen-bond acceptors (Lipinski definition) is 5. The summed E-state index contributed by atoms with van der Waals surface area (Å²) in [6.45, 7) is 2.32. The van der Waals surface area contributed by atoms with Crippen LogP contribution in [0.4, 0.5) is 0 Å². The van der Waals surface area contributed by atoms with Gasteiger partial charge in [-0.25, -0.2) is 0 Å². The largest absolute Gasteiger partial charge is 0.468 e. The van der Waals surface area contributed by atoms with Gasteiger partial charge in [0.25, 0.3) is 0 Å². The Balaban J connectivity index is 2.51. The zero-order valence-corrected chi connectivity index (χ0v) is 11.5. The van der Waals surface area contributed by atoms with E-state index in [1.165, 1.54) is 7.11 Å². The van der Waals surface area contributed by atoms with Gasteiger partial charge in [0.2, 0.25) is 0 Å². The van der Waals surface area contributed by atoms with Crippen molar-refractivity contribution in [2.24, 2.45) is 5.73 Å². The van der Waals surface area contributed by atoms with Crippen LogP contribution in [-0.2, 0) is 9.53 Å². The predicted molar refractivity (Wildman–Crippen MR) is 69.9 cm³/mol. The standard InChI is InChI=1S/C12H23NO3S/c1-9(5-7-14)17-10-4-3-6-12(13,8-10)11(15)16-2/h9-10,14H,3-8,13H2,1-2H3. The Morgan fingerprint density at radius 2 is 2.41 bits per heavy atom. The van der Waals surface area contributed by atoms with Crippen LogP contribution in [0.1, 0.15) is 39.0 Å². The minimum atomic E-state index is -0.802. The molecule has 0 amide bonds. The molecule has 0 aliphatic heterocycles. The third-order valence-corrected chi connectivity index (χ3v) is 4.78. The monoisotopic (exact) mass is 261 g/mol. The molecule has 17 heavy (non-hydrogen) atoms. The Bertz CT molecular complexity index is 262. The zero-order valence-electron chi connectivity index (χ0n) is 10.6. The van der Waals surface area contributed by atoms with Gasteiger partial charge in [-0.3, -0.25) is 4.79 Å². The minimum absolute atomic E-state index is 0.214. The van der Waals surface area contributed by atoms with E-state index in [1.54, 1.807) is 0 Å². The number of carbonyl (C=O) groups excluding carboxylic acids is 1. The second kappa shape index (κ2) is 6.61. The minimum Gasteiger partial charge on any atom is -0.468 e. The first-order valence-electron chi connectivity index (χ1n) is 6.15. The Morgan fingerprint density at radius 3 is 3.00 bits per heavy atom. The van der Waals surface area contributed by atoms with E-state index in [1.807, 2.05) is 11.8 Å². The number of esters is 1. The topological polar surface area (TPSA) is 72.5 Å². The van der Waals surface area contributed by atoms with Crippen molar-refractivity contribution in [1.82, 2.24) is 0 Å². The molecule has 0 aromatic heterocycles. The summed E-state index contributed by atoms with van der Waals surface area (Å²) in [7, 11) is 1.39. The van der Waals surface area contributed by atoms with Gasteiger partial charge < -0.3 is 15.6 Å². The van der Waals surface area contributed by atoms with E-state index in [9.17, 15) is 4.79 Å². The summed E-state index contributed by atoms with van der Waals surface area (Å²) in [6.07, 6.45) is 4.24. The van der Waals surface area contributed by atoms with E-state index in [2.05, 4.69) is 6.92 Å². The molecule has 3 unspecified atom stereocenters. The summed E-state index contributed by atoms with van der Waals surface area (Å²) in [4.78, 5) is 11.6. The molecule has 3 N–H and O–H groups in total. The fourth-order valence-electron chi connectivity index (χ4n) is 2.34.